The molecule has 4 rings (SSSR count). The molecule has 0 aliphatic carbocycles. The number of fused-ring (bicyclic) bond motifs is 1. The lowest BCUT2D eigenvalue weighted by atomic mass is 10.0. The average molecular weight is 489 g/mol. The minimum Gasteiger partial charge on any atom is -0.376 e. The number of hydrogen-bond acceptors (Lipinski definition) is 7. The van der Waals surface area contributed by atoms with E-state index >= 15 is 0 Å². The second kappa shape index (κ2) is 11.8. The van der Waals surface area contributed by atoms with Gasteiger partial charge in [-0.05, 0) is 31.0 Å². The van der Waals surface area contributed by atoms with E-state index in [-0.39, 0.29) is 17.6 Å². The molecule has 1 aromatic heterocycles. The molecule has 1 fully saturated rings. The van der Waals surface area contributed by atoms with Crippen LogP contribution in [0.25, 0.3) is 22.0 Å². The fraction of sp³-hybridized carbons (Fsp3) is 0.348. The fourth-order valence-electron chi connectivity index (χ4n) is 3.60. The fourth-order valence-corrected chi connectivity index (χ4v) is 3.60. The summed E-state index contributed by atoms with van der Waals surface area (Å²) in [5, 5.41) is 14.4. The van der Waals surface area contributed by atoms with Crippen molar-refractivity contribution in [2.45, 2.75) is 25.4 Å². The van der Waals surface area contributed by atoms with Crippen LogP contribution in [0.1, 0.15) is 19.3 Å². The number of ether oxygens (including phenoxy) is 1. The molecule has 2 heterocycles. The van der Waals surface area contributed by atoms with E-state index in [0.717, 1.165) is 43.5 Å². The highest BCUT2D eigenvalue weighted by molar-refractivity contribution is 7.85. The first kappa shape index (κ1) is 25.5. The zero-order valence-corrected chi connectivity index (χ0v) is 19.6. The molecule has 3 aromatic rings. The van der Waals surface area contributed by atoms with Crippen molar-refractivity contribution in [2.75, 3.05) is 31.3 Å². The largest absolute Gasteiger partial charge is 0.376 e. The van der Waals surface area contributed by atoms with Crippen molar-refractivity contribution in [1.29, 1.82) is 0 Å². The van der Waals surface area contributed by atoms with Crippen LogP contribution in [0.15, 0.2) is 53.3 Å². The summed E-state index contributed by atoms with van der Waals surface area (Å²) in [5.74, 6) is -0.0230. The molecule has 1 unspecified atom stereocenters. The van der Waals surface area contributed by atoms with Gasteiger partial charge < -0.3 is 15.4 Å². The van der Waals surface area contributed by atoms with E-state index in [1.165, 1.54) is 0 Å². The summed E-state index contributed by atoms with van der Waals surface area (Å²) in [4.78, 5) is 24.3. The van der Waals surface area contributed by atoms with Crippen LogP contribution in [-0.2, 0) is 19.6 Å². The van der Waals surface area contributed by atoms with Crippen LogP contribution in [0.5, 0.6) is 0 Å². The highest BCUT2D eigenvalue weighted by Gasteiger charge is 2.14. The number of rotatable bonds is 6. The molecular formula is C23H28N4O6S. The average Bonchev–Trinajstić information content (AvgIpc) is 2.79. The van der Waals surface area contributed by atoms with Gasteiger partial charge in [-0.3, -0.25) is 14.1 Å². The first-order chi connectivity index (χ1) is 16.2. The number of carbonyl (C=O) groups is 1. The van der Waals surface area contributed by atoms with Gasteiger partial charge in [0.25, 0.3) is 15.7 Å². The van der Waals surface area contributed by atoms with E-state index < -0.39 is 10.1 Å². The maximum atomic E-state index is 12.3. The van der Waals surface area contributed by atoms with E-state index in [0.29, 0.717) is 29.4 Å². The Morgan fingerprint density at radius 3 is 2.65 bits per heavy atom. The van der Waals surface area contributed by atoms with Crippen molar-refractivity contribution in [2.24, 2.45) is 0 Å². The van der Waals surface area contributed by atoms with Crippen molar-refractivity contribution < 1.29 is 22.5 Å². The van der Waals surface area contributed by atoms with Crippen LogP contribution >= 0.6 is 0 Å². The Balaban J connectivity index is 0.000000588. The number of benzene rings is 2. The molecule has 1 aliphatic heterocycles. The molecule has 2 aromatic carbocycles. The predicted molar refractivity (Wildman–Crippen MR) is 130 cm³/mol. The third-order valence-electron chi connectivity index (χ3n) is 5.05. The van der Waals surface area contributed by atoms with Crippen LogP contribution in [0, 0.1) is 0 Å². The number of hydrogen-bond donors (Lipinski definition) is 4. The van der Waals surface area contributed by atoms with E-state index in [4.69, 9.17) is 9.29 Å². The zero-order valence-electron chi connectivity index (χ0n) is 18.8. The quantitative estimate of drug-likeness (QED) is 0.386. The molecule has 0 radical (unpaired) electrons. The predicted octanol–water partition coefficient (Wildman–Crippen LogP) is 2.19. The molecule has 182 valence electrons. The molecule has 1 amide bonds. The standard InChI is InChI=1S/C22H24N4O3.CH4O3S/c27-20(10-4-7-17-14-23-11-12-29-17)24-16-6-3-5-15(13-16)21-18-8-1-2-9-19(18)22(28)26-25-21;1-5(2,3)4/h1-3,5-6,8-9,13,17,23H,4,7,10-12,14H2,(H,24,27)(H,26,28);1H3,(H,2,3,4). The summed E-state index contributed by atoms with van der Waals surface area (Å²) in [6.07, 6.45) is 3.01. The number of H-pyrrole nitrogens is 1. The van der Waals surface area contributed by atoms with Gasteiger partial charge in [-0.2, -0.15) is 13.5 Å². The zero-order chi connectivity index (χ0) is 24.6. The number of aromatic nitrogens is 2. The summed E-state index contributed by atoms with van der Waals surface area (Å²) in [7, 11) is -3.67. The number of nitrogens with zero attached hydrogens (tertiary/aromatic N) is 1. The van der Waals surface area contributed by atoms with E-state index in [2.05, 4.69) is 20.8 Å². The third-order valence-corrected chi connectivity index (χ3v) is 5.05. The molecule has 1 saturated heterocycles. The maximum absolute atomic E-state index is 12.3. The van der Waals surface area contributed by atoms with Crippen molar-refractivity contribution >= 4 is 32.5 Å². The van der Waals surface area contributed by atoms with Crippen LogP contribution in [0.4, 0.5) is 5.69 Å². The third kappa shape index (κ3) is 8.03. The number of nitrogens with one attached hydrogen (secondary N) is 3. The Kier molecular flexibility index (Phi) is 8.88. The van der Waals surface area contributed by atoms with Gasteiger partial charge >= 0.3 is 0 Å². The van der Waals surface area contributed by atoms with Crippen LogP contribution in [0.2, 0.25) is 0 Å². The Hall–Kier alpha value is -3.12. The summed E-state index contributed by atoms with van der Waals surface area (Å²) in [5.41, 5.74) is 2.00. The Bertz CT molecular complexity index is 1280. The number of morpholine rings is 1. The normalized spacial score (nSPS) is 15.9. The second-order valence-electron chi connectivity index (χ2n) is 7.90. The van der Waals surface area contributed by atoms with E-state index in [1.807, 2.05) is 42.5 Å². The molecule has 1 atom stereocenters. The Morgan fingerprint density at radius 2 is 1.94 bits per heavy atom. The van der Waals surface area contributed by atoms with Gasteiger partial charge in [0.2, 0.25) is 5.91 Å². The minimum atomic E-state index is -3.67. The number of anilines is 1. The molecule has 0 bridgehead atoms. The lowest BCUT2D eigenvalue weighted by molar-refractivity contribution is -0.116. The molecule has 0 spiro atoms. The first-order valence-corrected chi connectivity index (χ1v) is 12.7. The van der Waals surface area contributed by atoms with Crippen LogP contribution in [0.3, 0.4) is 0 Å². The van der Waals surface area contributed by atoms with Crippen LogP contribution < -0.4 is 16.2 Å². The van der Waals surface area contributed by atoms with Gasteiger partial charge in [0.1, 0.15) is 0 Å². The van der Waals surface area contributed by atoms with Crippen molar-refractivity contribution in [1.82, 2.24) is 15.5 Å². The topological polar surface area (TPSA) is 150 Å². The molecule has 10 nitrogen and oxygen atoms in total. The lowest BCUT2D eigenvalue weighted by Crippen LogP contribution is -2.38. The second-order valence-corrected chi connectivity index (χ2v) is 9.36. The van der Waals surface area contributed by atoms with Gasteiger partial charge in [0.05, 0.1) is 30.0 Å². The summed E-state index contributed by atoms with van der Waals surface area (Å²) in [6, 6.07) is 14.9. The Labute approximate surface area is 197 Å². The molecule has 1 aliphatic rings. The molecule has 34 heavy (non-hydrogen) atoms. The molecule has 0 saturated carbocycles. The van der Waals surface area contributed by atoms with Crippen molar-refractivity contribution in [3.8, 4) is 11.3 Å². The highest BCUT2D eigenvalue weighted by Crippen LogP contribution is 2.26. The van der Waals surface area contributed by atoms with Gasteiger partial charge in [-0.25, -0.2) is 5.10 Å². The smallest absolute Gasteiger partial charge is 0.272 e. The molecular weight excluding hydrogens is 460 g/mol. The maximum Gasteiger partial charge on any atom is 0.272 e. The lowest BCUT2D eigenvalue weighted by Gasteiger charge is -2.23. The van der Waals surface area contributed by atoms with Gasteiger partial charge in [0.15, 0.2) is 0 Å². The first-order valence-electron chi connectivity index (χ1n) is 10.8. The number of aromatic amines is 1. The van der Waals surface area contributed by atoms with Crippen molar-refractivity contribution in [3.63, 3.8) is 0 Å². The van der Waals surface area contributed by atoms with Crippen LogP contribution in [-0.4, -0.2) is 61.1 Å². The number of amides is 1. The number of carbonyl (C=O) groups excluding carboxylic acids is 1. The van der Waals surface area contributed by atoms with Gasteiger partial charge in [-0.15, -0.1) is 0 Å². The van der Waals surface area contributed by atoms with Gasteiger partial charge in [-0.1, -0.05) is 30.3 Å². The van der Waals surface area contributed by atoms with Gasteiger partial charge in [0, 0.05) is 36.1 Å². The van der Waals surface area contributed by atoms with E-state index in [9.17, 15) is 18.0 Å². The molecule has 11 heteroatoms. The highest BCUT2D eigenvalue weighted by atomic mass is 32.2. The molecule has 4 N–H and O–H groups in total. The SMILES string of the molecule is CS(=O)(=O)O.O=C(CCCC1CNCCO1)Nc1cccc(-c2n[nH]c(=O)c3ccccc23)c1. The summed E-state index contributed by atoms with van der Waals surface area (Å²) in [6.45, 7) is 2.48. The van der Waals surface area contributed by atoms with Crippen molar-refractivity contribution in [3.05, 3.63) is 58.9 Å². The van der Waals surface area contributed by atoms with E-state index in [1.54, 1.807) is 6.07 Å². The Morgan fingerprint density at radius 1 is 1.21 bits per heavy atom. The minimum absolute atomic E-state index is 0.0230. The monoisotopic (exact) mass is 488 g/mol. The summed E-state index contributed by atoms with van der Waals surface area (Å²) < 4.78 is 31.5. The summed E-state index contributed by atoms with van der Waals surface area (Å²) >= 11 is 0.